The molecule has 1 aliphatic heterocycles. The van der Waals surface area contributed by atoms with E-state index in [9.17, 15) is 9.18 Å². The average molecular weight is 335 g/mol. The van der Waals surface area contributed by atoms with Crippen LogP contribution in [0.5, 0.6) is 5.75 Å². The Balaban J connectivity index is 1.97. The Kier molecular flexibility index (Phi) is 3.89. The molecular formula is C17H22FN3O3. The molecule has 2 heterocycles. The molecule has 3 rings (SSSR count). The van der Waals surface area contributed by atoms with Crippen molar-refractivity contribution in [3.63, 3.8) is 0 Å². The molecule has 0 saturated heterocycles. The zero-order valence-corrected chi connectivity index (χ0v) is 14.5. The summed E-state index contributed by atoms with van der Waals surface area (Å²) in [6.07, 6.45) is -0.513. The van der Waals surface area contributed by atoms with Crippen molar-refractivity contribution in [2.75, 3.05) is 6.61 Å². The lowest BCUT2D eigenvalue weighted by Gasteiger charge is -2.27. The fourth-order valence-corrected chi connectivity index (χ4v) is 2.87. The van der Waals surface area contributed by atoms with Gasteiger partial charge >= 0.3 is 6.09 Å². The van der Waals surface area contributed by atoms with E-state index in [2.05, 4.69) is 10.3 Å². The van der Waals surface area contributed by atoms with E-state index in [-0.39, 0.29) is 17.8 Å². The highest BCUT2D eigenvalue weighted by atomic mass is 19.1. The first kappa shape index (κ1) is 16.5. The first-order valence-electron chi connectivity index (χ1n) is 8.00. The number of benzene rings is 1. The van der Waals surface area contributed by atoms with E-state index in [4.69, 9.17) is 9.47 Å². The van der Waals surface area contributed by atoms with Crippen LogP contribution in [0.15, 0.2) is 12.1 Å². The lowest BCUT2D eigenvalue weighted by molar-refractivity contribution is 0.0504. The van der Waals surface area contributed by atoms with Crippen LogP contribution < -0.4 is 10.1 Å². The third-order valence-corrected chi connectivity index (χ3v) is 3.82. The minimum Gasteiger partial charge on any atom is -0.486 e. The fourth-order valence-electron chi connectivity index (χ4n) is 2.87. The van der Waals surface area contributed by atoms with Crippen molar-refractivity contribution in [1.29, 1.82) is 0 Å². The maximum Gasteiger partial charge on any atom is 0.408 e. The summed E-state index contributed by atoms with van der Waals surface area (Å²) in [5.41, 5.74) is 0.694. The molecular weight excluding hydrogens is 313 g/mol. The zero-order chi connectivity index (χ0) is 17.6. The minimum atomic E-state index is -0.577. The second kappa shape index (κ2) is 5.65. The number of halogens is 1. The minimum absolute atomic E-state index is 0.0119. The second-order valence-electron chi connectivity index (χ2n) is 7.11. The third kappa shape index (κ3) is 2.90. The van der Waals surface area contributed by atoms with Gasteiger partial charge in [0.25, 0.3) is 0 Å². The van der Waals surface area contributed by atoms with Crippen LogP contribution in [0.2, 0.25) is 0 Å². The molecule has 6 nitrogen and oxygen atoms in total. The van der Waals surface area contributed by atoms with E-state index < -0.39 is 17.5 Å². The van der Waals surface area contributed by atoms with E-state index in [1.807, 2.05) is 18.4 Å². The number of rotatable bonds is 2. The van der Waals surface area contributed by atoms with E-state index >= 15 is 0 Å². The summed E-state index contributed by atoms with van der Waals surface area (Å²) in [4.78, 5) is 16.6. The first-order chi connectivity index (χ1) is 11.2. The SMILES string of the molecule is C[C@H](NC(=O)OC(C)(C)C)c1nc2ccc(F)c3c2n1[C@@H](C)CO3. The van der Waals surface area contributed by atoms with E-state index in [0.717, 1.165) is 0 Å². The standard InChI is InChI=1S/C17H22FN3O3/c1-9-8-23-14-11(18)6-7-12-13(14)21(9)15(20-12)10(2)19-16(22)24-17(3,4)5/h6-7,9-10H,8H2,1-5H3,(H,19,22)/t9-,10-/m0/s1. The van der Waals surface area contributed by atoms with Crippen LogP contribution in [0.4, 0.5) is 9.18 Å². The summed E-state index contributed by atoms with van der Waals surface area (Å²) >= 11 is 0. The number of nitrogens with one attached hydrogen (secondary N) is 1. The van der Waals surface area contributed by atoms with Gasteiger partial charge in [-0.05, 0) is 46.8 Å². The molecule has 1 aromatic carbocycles. The highest BCUT2D eigenvalue weighted by molar-refractivity contribution is 5.84. The van der Waals surface area contributed by atoms with E-state index in [1.54, 1.807) is 26.8 Å². The number of imidazole rings is 1. The first-order valence-corrected chi connectivity index (χ1v) is 8.00. The summed E-state index contributed by atoms with van der Waals surface area (Å²) < 4.78 is 26.8. The van der Waals surface area contributed by atoms with Crippen LogP contribution in [-0.2, 0) is 4.74 Å². The van der Waals surface area contributed by atoms with Crippen molar-refractivity contribution in [3.8, 4) is 5.75 Å². The van der Waals surface area contributed by atoms with Gasteiger partial charge in [-0.25, -0.2) is 14.2 Å². The second-order valence-corrected chi connectivity index (χ2v) is 7.11. The molecule has 0 saturated carbocycles. The fraction of sp³-hybridized carbons (Fsp3) is 0.529. The topological polar surface area (TPSA) is 65.4 Å². The van der Waals surface area contributed by atoms with Gasteiger partial charge < -0.3 is 19.4 Å². The Morgan fingerprint density at radius 3 is 2.88 bits per heavy atom. The third-order valence-electron chi connectivity index (χ3n) is 3.82. The van der Waals surface area contributed by atoms with Gasteiger partial charge in [0.05, 0.1) is 17.6 Å². The van der Waals surface area contributed by atoms with Crippen molar-refractivity contribution < 1.29 is 18.7 Å². The lowest BCUT2D eigenvalue weighted by Crippen LogP contribution is -2.35. The molecule has 0 unspecified atom stereocenters. The Morgan fingerprint density at radius 2 is 2.21 bits per heavy atom. The number of hydrogen-bond acceptors (Lipinski definition) is 4. The molecule has 0 fully saturated rings. The molecule has 1 N–H and O–H groups in total. The number of carbonyl (C=O) groups is 1. The van der Waals surface area contributed by atoms with Gasteiger partial charge in [-0.2, -0.15) is 0 Å². The number of nitrogens with zero attached hydrogens (tertiary/aromatic N) is 2. The van der Waals surface area contributed by atoms with Crippen molar-refractivity contribution in [2.45, 2.75) is 52.3 Å². The van der Waals surface area contributed by atoms with Crippen molar-refractivity contribution in [1.82, 2.24) is 14.9 Å². The monoisotopic (exact) mass is 335 g/mol. The van der Waals surface area contributed by atoms with Gasteiger partial charge in [-0.15, -0.1) is 0 Å². The van der Waals surface area contributed by atoms with Crippen molar-refractivity contribution >= 4 is 17.1 Å². The number of alkyl carbamates (subject to hydrolysis) is 1. The maximum atomic E-state index is 14.0. The predicted molar refractivity (Wildman–Crippen MR) is 87.7 cm³/mol. The molecule has 7 heteroatoms. The highest BCUT2D eigenvalue weighted by Crippen LogP contribution is 2.37. The largest absolute Gasteiger partial charge is 0.486 e. The lowest BCUT2D eigenvalue weighted by atomic mass is 10.2. The van der Waals surface area contributed by atoms with Crippen LogP contribution in [0.3, 0.4) is 0 Å². The molecule has 2 atom stereocenters. The van der Waals surface area contributed by atoms with E-state index in [0.29, 0.717) is 23.5 Å². The van der Waals surface area contributed by atoms with Crippen LogP contribution in [0.1, 0.15) is 52.5 Å². The predicted octanol–water partition coefficient (Wildman–Crippen LogP) is 3.71. The van der Waals surface area contributed by atoms with Crippen LogP contribution in [0.25, 0.3) is 11.0 Å². The number of hydrogen-bond donors (Lipinski definition) is 1. The Morgan fingerprint density at radius 1 is 1.50 bits per heavy atom. The summed E-state index contributed by atoms with van der Waals surface area (Å²) in [5.74, 6) is 0.460. The van der Waals surface area contributed by atoms with E-state index in [1.165, 1.54) is 6.07 Å². The normalized spacial score (nSPS) is 18.2. The molecule has 24 heavy (non-hydrogen) atoms. The molecule has 1 aliphatic rings. The summed E-state index contributed by atoms with van der Waals surface area (Å²) in [6, 6.07) is 2.57. The van der Waals surface area contributed by atoms with Crippen molar-refractivity contribution in [2.24, 2.45) is 0 Å². The molecule has 0 aliphatic carbocycles. The maximum absolute atomic E-state index is 14.0. The number of amides is 1. The van der Waals surface area contributed by atoms with Crippen LogP contribution in [0, 0.1) is 5.82 Å². The quantitative estimate of drug-likeness (QED) is 0.908. The van der Waals surface area contributed by atoms with Gasteiger partial charge in [-0.1, -0.05) is 0 Å². The van der Waals surface area contributed by atoms with Crippen LogP contribution >= 0.6 is 0 Å². The smallest absolute Gasteiger partial charge is 0.408 e. The molecule has 1 aromatic heterocycles. The summed E-state index contributed by atoms with van der Waals surface area (Å²) in [7, 11) is 0. The van der Waals surface area contributed by atoms with Crippen LogP contribution in [-0.4, -0.2) is 27.9 Å². The molecule has 130 valence electrons. The Labute approximate surface area is 139 Å². The van der Waals surface area contributed by atoms with Gasteiger partial charge in [0.1, 0.15) is 23.5 Å². The zero-order valence-electron chi connectivity index (χ0n) is 14.5. The van der Waals surface area contributed by atoms with Gasteiger partial charge in [0.2, 0.25) is 0 Å². The van der Waals surface area contributed by atoms with Gasteiger partial charge in [0.15, 0.2) is 11.6 Å². The molecule has 2 aromatic rings. The average Bonchev–Trinajstić information content (AvgIpc) is 2.84. The number of carbonyl (C=O) groups excluding carboxylic acids is 1. The molecule has 0 bridgehead atoms. The summed E-state index contributed by atoms with van der Waals surface area (Å²) in [6.45, 7) is 9.56. The molecule has 0 spiro atoms. The molecule has 0 radical (unpaired) electrons. The highest BCUT2D eigenvalue weighted by Gasteiger charge is 2.29. The van der Waals surface area contributed by atoms with Gasteiger partial charge in [-0.3, -0.25) is 0 Å². The Bertz CT molecular complexity index is 794. The van der Waals surface area contributed by atoms with Gasteiger partial charge in [0, 0.05) is 0 Å². The Hall–Kier alpha value is -2.31. The number of aromatic nitrogens is 2. The molecule has 1 amide bonds. The van der Waals surface area contributed by atoms with Crippen molar-refractivity contribution in [3.05, 3.63) is 23.8 Å². The summed E-state index contributed by atoms with van der Waals surface area (Å²) in [5, 5.41) is 2.79. The number of ether oxygens (including phenoxy) is 2.